The van der Waals surface area contributed by atoms with Gasteiger partial charge in [0, 0.05) is 11.6 Å². The number of benzene rings is 1. The maximum Gasteiger partial charge on any atom is 0.330 e. The lowest BCUT2D eigenvalue weighted by Crippen LogP contribution is -1.97. The van der Waals surface area contributed by atoms with Gasteiger partial charge in [0.25, 0.3) is 0 Å². The zero-order valence-electron chi connectivity index (χ0n) is 10.4. The van der Waals surface area contributed by atoms with Crippen LogP contribution < -0.4 is 9.47 Å². The van der Waals surface area contributed by atoms with E-state index in [1.54, 1.807) is 12.1 Å². The average Bonchev–Trinajstić information content (AvgIpc) is 2.43. The standard InChI is InChI=1S/C13H14O5/c1-16-11-6-9(4-5-13(15)18-3)10(8-14)7-12(11)17-2/h4-8H,1-3H3. The minimum atomic E-state index is -0.498. The second kappa shape index (κ2) is 6.44. The topological polar surface area (TPSA) is 61.8 Å². The summed E-state index contributed by atoms with van der Waals surface area (Å²) < 4.78 is 14.7. The highest BCUT2D eigenvalue weighted by Crippen LogP contribution is 2.30. The Labute approximate surface area is 105 Å². The third kappa shape index (κ3) is 3.10. The number of ether oxygens (including phenoxy) is 3. The fraction of sp³-hybridized carbons (Fsp3) is 0.231. The van der Waals surface area contributed by atoms with E-state index < -0.39 is 5.97 Å². The van der Waals surface area contributed by atoms with Crippen LogP contribution in [0.5, 0.6) is 11.5 Å². The summed E-state index contributed by atoms with van der Waals surface area (Å²) in [4.78, 5) is 22.0. The Morgan fingerprint density at radius 3 is 2.06 bits per heavy atom. The number of methoxy groups -OCH3 is 3. The van der Waals surface area contributed by atoms with E-state index in [1.807, 2.05) is 0 Å². The van der Waals surface area contributed by atoms with Crippen LogP contribution in [0.25, 0.3) is 6.08 Å². The van der Waals surface area contributed by atoms with E-state index in [0.717, 1.165) is 0 Å². The SMILES string of the molecule is COC(=O)C=Cc1cc(OC)c(OC)cc1C=O. The number of carbonyl (C=O) groups is 2. The minimum absolute atomic E-state index is 0.396. The summed E-state index contributed by atoms with van der Waals surface area (Å²) in [7, 11) is 4.25. The first-order chi connectivity index (χ1) is 8.65. The number of carbonyl (C=O) groups excluding carboxylic acids is 2. The van der Waals surface area contributed by atoms with E-state index in [1.165, 1.54) is 33.5 Å². The van der Waals surface area contributed by atoms with Crippen molar-refractivity contribution >= 4 is 18.3 Å². The highest BCUT2D eigenvalue weighted by molar-refractivity contribution is 5.90. The molecule has 1 rings (SSSR count). The molecule has 1 aromatic rings. The van der Waals surface area contributed by atoms with Gasteiger partial charge in [-0.1, -0.05) is 0 Å². The molecule has 0 aliphatic heterocycles. The quantitative estimate of drug-likeness (QED) is 0.452. The lowest BCUT2D eigenvalue weighted by Gasteiger charge is -2.09. The Kier molecular flexibility index (Phi) is 4.92. The van der Waals surface area contributed by atoms with E-state index in [4.69, 9.17) is 9.47 Å². The van der Waals surface area contributed by atoms with Crippen LogP contribution in [0.4, 0.5) is 0 Å². The van der Waals surface area contributed by atoms with E-state index in [9.17, 15) is 9.59 Å². The van der Waals surface area contributed by atoms with Gasteiger partial charge in [0.05, 0.1) is 21.3 Å². The van der Waals surface area contributed by atoms with Crippen LogP contribution in [0, 0.1) is 0 Å². The maximum absolute atomic E-state index is 11.0. The van der Waals surface area contributed by atoms with Gasteiger partial charge >= 0.3 is 5.97 Å². The number of hydrogen-bond acceptors (Lipinski definition) is 5. The number of aldehydes is 1. The first-order valence-electron chi connectivity index (χ1n) is 5.13. The summed E-state index contributed by atoms with van der Waals surface area (Å²) in [6.07, 6.45) is 3.39. The largest absolute Gasteiger partial charge is 0.493 e. The second-order valence-electron chi connectivity index (χ2n) is 3.31. The van der Waals surface area contributed by atoms with E-state index in [0.29, 0.717) is 28.9 Å². The zero-order chi connectivity index (χ0) is 13.5. The van der Waals surface area contributed by atoms with Gasteiger partial charge in [0.2, 0.25) is 0 Å². The first kappa shape index (κ1) is 13.8. The highest BCUT2D eigenvalue weighted by Gasteiger charge is 2.09. The molecule has 0 unspecified atom stereocenters. The Morgan fingerprint density at radius 1 is 1.06 bits per heavy atom. The van der Waals surface area contributed by atoms with Crippen LogP contribution in [-0.2, 0) is 9.53 Å². The van der Waals surface area contributed by atoms with Crippen LogP contribution in [0.1, 0.15) is 15.9 Å². The molecule has 0 fully saturated rings. The molecule has 0 aromatic heterocycles. The molecule has 5 nitrogen and oxygen atoms in total. The van der Waals surface area contributed by atoms with Crippen LogP contribution >= 0.6 is 0 Å². The molecule has 0 saturated carbocycles. The summed E-state index contributed by atoms with van der Waals surface area (Å²) in [5.41, 5.74) is 0.945. The fourth-order valence-corrected chi connectivity index (χ4v) is 1.38. The summed E-state index contributed by atoms with van der Waals surface area (Å²) in [5, 5.41) is 0. The second-order valence-corrected chi connectivity index (χ2v) is 3.31. The van der Waals surface area contributed by atoms with Crippen molar-refractivity contribution in [2.75, 3.05) is 21.3 Å². The van der Waals surface area contributed by atoms with Crippen molar-refractivity contribution in [2.45, 2.75) is 0 Å². The molecule has 0 heterocycles. The lowest BCUT2D eigenvalue weighted by molar-refractivity contribution is -0.134. The fourth-order valence-electron chi connectivity index (χ4n) is 1.38. The third-order valence-corrected chi connectivity index (χ3v) is 2.32. The van der Waals surface area contributed by atoms with Crippen molar-refractivity contribution in [1.82, 2.24) is 0 Å². The molecule has 1 aromatic carbocycles. The summed E-state index contributed by atoms with van der Waals surface area (Å²) in [6.45, 7) is 0. The van der Waals surface area contributed by atoms with Gasteiger partial charge in [0.1, 0.15) is 0 Å². The molecule has 0 spiro atoms. The van der Waals surface area contributed by atoms with Crippen molar-refractivity contribution in [3.63, 3.8) is 0 Å². The number of rotatable bonds is 5. The van der Waals surface area contributed by atoms with Crippen LogP contribution in [0.3, 0.4) is 0 Å². The van der Waals surface area contributed by atoms with Gasteiger partial charge in [0.15, 0.2) is 17.8 Å². The Hall–Kier alpha value is -2.30. The molecular weight excluding hydrogens is 236 g/mol. The molecule has 0 aliphatic rings. The third-order valence-electron chi connectivity index (χ3n) is 2.32. The smallest absolute Gasteiger partial charge is 0.330 e. The number of hydrogen-bond donors (Lipinski definition) is 0. The molecule has 0 N–H and O–H groups in total. The molecule has 18 heavy (non-hydrogen) atoms. The summed E-state index contributed by atoms with van der Waals surface area (Å²) in [6, 6.07) is 3.16. The molecular formula is C13H14O5. The van der Waals surface area contributed by atoms with Gasteiger partial charge in [-0.2, -0.15) is 0 Å². The molecule has 0 bridgehead atoms. The summed E-state index contributed by atoms with van der Waals surface area (Å²) in [5.74, 6) is 0.434. The Balaban J connectivity index is 3.21. The molecule has 0 atom stereocenters. The minimum Gasteiger partial charge on any atom is -0.493 e. The summed E-state index contributed by atoms with van der Waals surface area (Å²) >= 11 is 0. The predicted octanol–water partition coefficient (Wildman–Crippen LogP) is 1.70. The molecule has 0 saturated heterocycles. The molecule has 5 heteroatoms. The van der Waals surface area contributed by atoms with Crippen molar-refractivity contribution in [1.29, 1.82) is 0 Å². The van der Waals surface area contributed by atoms with Gasteiger partial charge in [-0.25, -0.2) is 4.79 Å². The zero-order valence-corrected chi connectivity index (χ0v) is 10.4. The Bertz CT molecular complexity index is 477. The average molecular weight is 250 g/mol. The van der Waals surface area contributed by atoms with E-state index in [2.05, 4.69) is 4.74 Å². The molecule has 0 aliphatic carbocycles. The van der Waals surface area contributed by atoms with E-state index in [-0.39, 0.29) is 0 Å². The maximum atomic E-state index is 11.0. The number of esters is 1. The Morgan fingerprint density at radius 2 is 1.61 bits per heavy atom. The van der Waals surface area contributed by atoms with Crippen molar-refractivity contribution in [3.05, 3.63) is 29.3 Å². The normalized spacial score (nSPS) is 10.2. The van der Waals surface area contributed by atoms with Crippen molar-refractivity contribution < 1.29 is 23.8 Å². The predicted molar refractivity (Wildman–Crippen MR) is 66.0 cm³/mol. The monoisotopic (exact) mass is 250 g/mol. The van der Waals surface area contributed by atoms with E-state index >= 15 is 0 Å². The molecule has 0 radical (unpaired) electrons. The van der Waals surface area contributed by atoms with Crippen molar-refractivity contribution in [2.24, 2.45) is 0 Å². The molecule has 0 amide bonds. The van der Waals surface area contributed by atoms with Crippen molar-refractivity contribution in [3.8, 4) is 11.5 Å². The van der Waals surface area contributed by atoms with Crippen LogP contribution in [0.2, 0.25) is 0 Å². The lowest BCUT2D eigenvalue weighted by atomic mass is 10.1. The van der Waals surface area contributed by atoms with Gasteiger partial charge < -0.3 is 14.2 Å². The first-order valence-corrected chi connectivity index (χ1v) is 5.13. The van der Waals surface area contributed by atoms with Gasteiger partial charge in [-0.15, -0.1) is 0 Å². The van der Waals surface area contributed by atoms with Gasteiger partial charge in [-0.3, -0.25) is 4.79 Å². The molecule has 96 valence electrons. The highest BCUT2D eigenvalue weighted by atomic mass is 16.5. The van der Waals surface area contributed by atoms with Gasteiger partial charge in [-0.05, 0) is 23.8 Å². The van der Waals surface area contributed by atoms with Crippen LogP contribution in [0.15, 0.2) is 18.2 Å². The van der Waals surface area contributed by atoms with Crippen LogP contribution in [-0.4, -0.2) is 33.6 Å².